The molecule has 0 saturated heterocycles. The Bertz CT molecular complexity index is 618. The molecule has 0 spiro atoms. The normalized spacial score (nSPS) is 9.68. The number of anilines is 1. The highest BCUT2D eigenvalue weighted by Gasteiger charge is 2.03. The van der Waals surface area contributed by atoms with E-state index in [1.54, 1.807) is 24.3 Å². The van der Waals surface area contributed by atoms with Crippen LogP contribution in [0.3, 0.4) is 0 Å². The van der Waals surface area contributed by atoms with Crippen molar-refractivity contribution in [2.24, 2.45) is 0 Å². The molecule has 2 aromatic rings. The molecular formula is C15H14N2O2. The Morgan fingerprint density at radius 2 is 1.84 bits per heavy atom. The lowest BCUT2D eigenvalue weighted by molar-refractivity contribution is 0.338. The standard InChI is InChI=1S/C15H14N2O2/c1-2-18-12-4-3-5-13(8-12)19-14-7-6-11(10-16)15(17)9-14/h3-9H,2,17H2,1H3. The maximum Gasteiger partial charge on any atom is 0.131 e. The smallest absolute Gasteiger partial charge is 0.131 e. The Morgan fingerprint density at radius 1 is 1.11 bits per heavy atom. The van der Waals surface area contributed by atoms with Gasteiger partial charge in [-0.1, -0.05) is 6.07 Å². The second kappa shape index (κ2) is 5.78. The second-order valence-corrected chi connectivity index (χ2v) is 3.87. The average Bonchev–Trinajstić information content (AvgIpc) is 2.40. The minimum atomic E-state index is 0.404. The number of nitriles is 1. The van der Waals surface area contributed by atoms with E-state index < -0.39 is 0 Å². The first kappa shape index (κ1) is 12.8. The largest absolute Gasteiger partial charge is 0.494 e. The van der Waals surface area contributed by atoms with Crippen molar-refractivity contribution in [1.82, 2.24) is 0 Å². The monoisotopic (exact) mass is 254 g/mol. The van der Waals surface area contributed by atoms with Crippen LogP contribution < -0.4 is 15.2 Å². The van der Waals surface area contributed by atoms with Crippen molar-refractivity contribution in [3.8, 4) is 23.3 Å². The SMILES string of the molecule is CCOc1cccc(Oc2ccc(C#N)c(N)c2)c1. The summed E-state index contributed by atoms with van der Waals surface area (Å²) in [5.41, 5.74) is 6.58. The van der Waals surface area contributed by atoms with E-state index in [0.29, 0.717) is 29.4 Å². The molecule has 2 rings (SSSR count). The van der Waals surface area contributed by atoms with Gasteiger partial charge in [0.25, 0.3) is 0 Å². The Labute approximate surface area is 112 Å². The molecule has 0 aliphatic carbocycles. The number of ether oxygens (including phenoxy) is 2. The first-order valence-electron chi connectivity index (χ1n) is 5.93. The highest BCUT2D eigenvalue weighted by atomic mass is 16.5. The van der Waals surface area contributed by atoms with Gasteiger partial charge in [0.05, 0.1) is 17.9 Å². The summed E-state index contributed by atoms with van der Waals surface area (Å²) in [7, 11) is 0. The van der Waals surface area contributed by atoms with Gasteiger partial charge in [-0.2, -0.15) is 5.26 Å². The number of benzene rings is 2. The van der Waals surface area contributed by atoms with Gasteiger partial charge in [-0.05, 0) is 31.2 Å². The summed E-state index contributed by atoms with van der Waals surface area (Å²) in [6.45, 7) is 2.53. The lowest BCUT2D eigenvalue weighted by atomic mass is 10.2. The van der Waals surface area contributed by atoms with E-state index in [9.17, 15) is 0 Å². The molecule has 0 bridgehead atoms. The number of hydrogen-bond acceptors (Lipinski definition) is 4. The van der Waals surface area contributed by atoms with Crippen LogP contribution in [0.2, 0.25) is 0 Å². The number of rotatable bonds is 4. The molecule has 4 heteroatoms. The molecule has 2 aromatic carbocycles. The lowest BCUT2D eigenvalue weighted by Crippen LogP contribution is -1.93. The molecule has 96 valence electrons. The molecule has 0 aromatic heterocycles. The van der Waals surface area contributed by atoms with Crippen molar-refractivity contribution in [2.75, 3.05) is 12.3 Å². The van der Waals surface area contributed by atoms with Crippen LogP contribution >= 0.6 is 0 Å². The predicted molar refractivity (Wildman–Crippen MR) is 73.3 cm³/mol. The predicted octanol–water partition coefficient (Wildman–Crippen LogP) is 3.33. The molecule has 0 heterocycles. The molecule has 0 aliphatic heterocycles. The maximum absolute atomic E-state index is 8.81. The Morgan fingerprint density at radius 3 is 2.53 bits per heavy atom. The Kier molecular flexibility index (Phi) is 3.89. The quantitative estimate of drug-likeness (QED) is 0.850. The van der Waals surface area contributed by atoms with E-state index in [2.05, 4.69) is 0 Å². The van der Waals surface area contributed by atoms with Gasteiger partial charge >= 0.3 is 0 Å². The summed E-state index contributed by atoms with van der Waals surface area (Å²) in [6, 6.07) is 14.3. The average molecular weight is 254 g/mol. The van der Waals surface area contributed by atoms with E-state index in [1.165, 1.54) is 0 Å². The van der Waals surface area contributed by atoms with Crippen molar-refractivity contribution < 1.29 is 9.47 Å². The third-order valence-corrected chi connectivity index (χ3v) is 2.50. The fraction of sp³-hybridized carbons (Fsp3) is 0.133. The number of nitrogens with zero attached hydrogens (tertiary/aromatic N) is 1. The highest BCUT2D eigenvalue weighted by molar-refractivity contribution is 5.57. The summed E-state index contributed by atoms with van der Waals surface area (Å²) < 4.78 is 11.1. The van der Waals surface area contributed by atoms with Crippen molar-refractivity contribution in [1.29, 1.82) is 5.26 Å². The van der Waals surface area contributed by atoms with Crippen molar-refractivity contribution in [2.45, 2.75) is 6.92 Å². The number of nitrogens with two attached hydrogens (primary N) is 1. The van der Waals surface area contributed by atoms with Gasteiger partial charge in [0, 0.05) is 12.1 Å². The molecule has 0 aliphatic rings. The fourth-order valence-electron chi connectivity index (χ4n) is 1.64. The van der Waals surface area contributed by atoms with E-state index in [-0.39, 0.29) is 0 Å². The lowest BCUT2D eigenvalue weighted by Gasteiger charge is -2.09. The molecule has 4 nitrogen and oxygen atoms in total. The summed E-state index contributed by atoms with van der Waals surface area (Å²) >= 11 is 0. The van der Waals surface area contributed by atoms with Gasteiger partial charge in [-0.3, -0.25) is 0 Å². The van der Waals surface area contributed by atoms with E-state index >= 15 is 0 Å². The van der Waals surface area contributed by atoms with Gasteiger partial charge < -0.3 is 15.2 Å². The van der Waals surface area contributed by atoms with Gasteiger partial charge in [0.2, 0.25) is 0 Å². The number of nitrogen functional groups attached to an aromatic ring is 1. The van der Waals surface area contributed by atoms with Crippen LogP contribution in [-0.4, -0.2) is 6.61 Å². The third-order valence-electron chi connectivity index (χ3n) is 2.50. The summed E-state index contributed by atoms with van der Waals surface area (Å²) in [5.74, 6) is 2.00. The number of hydrogen-bond donors (Lipinski definition) is 1. The minimum absolute atomic E-state index is 0.404. The molecule has 0 saturated carbocycles. The fourth-order valence-corrected chi connectivity index (χ4v) is 1.64. The van der Waals surface area contributed by atoms with Gasteiger partial charge in [-0.15, -0.1) is 0 Å². The highest BCUT2D eigenvalue weighted by Crippen LogP contribution is 2.27. The van der Waals surface area contributed by atoms with Crippen LogP contribution in [0.5, 0.6) is 17.2 Å². The molecule has 19 heavy (non-hydrogen) atoms. The summed E-state index contributed by atoms with van der Waals surface area (Å²) in [5, 5.41) is 8.81. The van der Waals surface area contributed by atoms with Gasteiger partial charge in [0.15, 0.2) is 0 Å². The van der Waals surface area contributed by atoms with Crippen molar-refractivity contribution >= 4 is 5.69 Å². The Hall–Kier alpha value is -2.67. The third kappa shape index (κ3) is 3.17. The van der Waals surface area contributed by atoms with Crippen molar-refractivity contribution in [3.63, 3.8) is 0 Å². The van der Waals surface area contributed by atoms with Crippen LogP contribution in [0.15, 0.2) is 42.5 Å². The molecule has 2 N–H and O–H groups in total. The molecular weight excluding hydrogens is 240 g/mol. The van der Waals surface area contributed by atoms with Crippen LogP contribution in [0, 0.1) is 11.3 Å². The van der Waals surface area contributed by atoms with Crippen molar-refractivity contribution in [3.05, 3.63) is 48.0 Å². The zero-order chi connectivity index (χ0) is 13.7. The second-order valence-electron chi connectivity index (χ2n) is 3.87. The minimum Gasteiger partial charge on any atom is -0.494 e. The van der Waals surface area contributed by atoms with Crippen LogP contribution in [-0.2, 0) is 0 Å². The molecule has 0 unspecified atom stereocenters. The first-order valence-corrected chi connectivity index (χ1v) is 5.93. The van der Waals surface area contributed by atoms with Crippen LogP contribution in [0.4, 0.5) is 5.69 Å². The maximum atomic E-state index is 8.81. The topological polar surface area (TPSA) is 68.3 Å². The summed E-state index contributed by atoms with van der Waals surface area (Å²) in [6.07, 6.45) is 0. The zero-order valence-electron chi connectivity index (χ0n) is 10.6. The van der Waals surface area contributed by atoms with E-state index in [0.717, 1.165) is 5.75 Å². The molecule has 0 amide bonds. The Balaban J connectivity index is 2.19. The van der Waals surface area contributed by atoms with E-state index in [1.807, 2.05) is 31.2 Å². The van der Waals surface area contributed by atoms with Gasteiger partial charge in [0.1, 0.15) is 23.3 Å². The zero-order valence-corrected chi connectivity index (χ0v) is 10.6. The summed E-state index contributed by atoms with van der Waals surface area (Å²) in [4.78, 5) is 0. The molecule has 0 atom stereocenters. The van der Waals surface area contributed by atoms with Gasteiger partial charge in [-0.25, -0.2) is 0 Å². The van der Waals surface area contributed by atoms with Crippen LogP contribution in [0.1, 0.15) is 12.5 Å². The first-order chi connectivity index (χ1) is 9.22. The molecule has 0 fully saturated rings. The molecule has 0 radical (unpaired) electrons. The van der Waals surface area contributed by atoms with E-state index in [4.69, 9.17) is 20.5 Å². The van der Waals surface area contributed by atoms with Crippen LogP contribution in [0.25, 0.3) is 0 Å².